The molecule has 1 aromatic heterocycles. The van der Waals surface area contributed by atoms with E-state index >= 15 is 0 Å². The Labute approximate surface area is 124 Å². The molecule has 0 unspecified atom stereocenters. The van der Waals surface area contributed by atoms with Gasteiger partial charge in [-0.2, -0.15) is 11.3 Å². The molecule has 0 saturated heterocycles. The summed E-state index contributed by atoms with van der Waals surface area (Å²) in [6.45, 7) is 1.09. The van der Waals surface area contributed by atoms with Crippen molar-refractivity contribution < 1.29 is 4.74 Å². The van der Waals surface area contributed by atoms with Gasteiger partial charge in [-0.05, 0) is 71.8 Å². The van der Waals surface area contributed by atoms with Gasteiger partial charge < -0.3 is 10.1 Å². The molecule has 1 aliphatic rings. The van der Waals surface area contributed by atoms with Gasteiger partial charge in [0.2, 0.25) is 0 Å². The molecule has 2 nitrogen and oxygen atoms in total. The molecule has 0 aliphatic heterocycles. The summed E-state index contributed by atoms with van der Waals surface area (Å²) in [5.41, 5.74) is 2.90. The Morgan fingerprint density at radius 3 is 2.65 bits per heavy atom. The molecule has 106 valence electrons. The molecule has 20 heavy (non-hydrogen) atoms. The predicted molar refractivity (Wildman–Crippen MR) is 84.8 cm³/mol. The molecule has 1 aromatic carbocycles. The molecule has 0 bridgehead atoms. The van der Waals surface area contributed by atoms with Crippen LogP contribution in [0, 0.1) is 0 Å². The fourth-order valence-corrected chi connectivity index (χ4v) is 3.49. The Hall–Kier alpha value is -1.32. The van der Waals surface area contributed by atoms with Crippen molar-refractivity contribution in [3.63, 3.8) is 0 Å². The first-order valence-corrected chi connectivity index (χ1v) is 8.18. The number of ether oxygens (including phenoxy) is 1. The van der Waals surface area contributed by atoms with E-state index in [1.807, 2.05) is 0 Å². The molecule has 0 amide bonds. The molecular formula is C17H21NOS. The fourth-order valence-electron chi connectivity index (χ4n) is 2.79. The summed E-state index contributed by atoms with van der Waals surface area (Å²) in [5, 5.41) is 8.05. The molecular weight excluding hydrogens is 266 g/mol. The summed E-state index contributed by atoms with van der Waals surface area (Å²) >= 11 is 1.78. The lowest BCUT2D eigenvalue weighted by Crippen LogP contribution is -2.40. The van der Waals surface area contributed by atoms with Crippen LogP contribution in [0.3, 0.4) is 0 Å². The third kappa shape index (κ3) is 3.22. The molecule has 1 heterocycles. The van der Waals surface area contributed by atoms with Crippen LogP contribution in [0.5, 0.6) is 5.75 Å². The number of hydrogen-bond donors (Lipinski definition) is 1. The molecule has 0 atom stereocenters. The average molecular weight is 287 g/mol. The third-order valence-corrected chi connectivity index (χ3v) is 4.88. The number of thiophene rings is 1. The second-order valence-corrected chi connectivity index (χ2v) is 6.25. The minimum absolute atomic E-state index is 0.695. The second-order valence-electron chi connectivity index (χ2n) is 5.47. The third-order valence-electron chi connectivity index (χ3n) is 4.15. The highest BCUT2D eigenvalue weighted by molar-refractivity contribution is 7.07. The Bertz CT molecular complexity index is 514. The lowest BCUT2D eigenvalue weighted by Gasteiger charge is -2.36. The van der Waals surface area contributed by atoms with E-state index in [-0.39, 0.29) is 0 Å². The van der Waals surface area contributed by atoms with Crippen LogP contribution in [0.15, 0.2) is 41.1 Å². The molecule has 1 aliphatic carbocycles. The van der Waals surface area contributed by atoms with E-state index in [4.69, 9.17) is 4.74 Å². The zero-order valence-electron chi connectivity index (χ0n) is 11.8. The van der Waals surface area contributed by atoms with Crippen LogP contribution in [0.1, 0.15) is 29.9 Å². The first-order chi connectivity index (χ1) is 9.85. The van der Waals surface area contributed by atoms with Crippen LogP contribution in [0.25, 0.3) is 0 Å². The van der Waals surface area contributed by atoms with Crippen LogP contribution < -0.4 is 10.1 Å². The minimum atomic E-state index is 0.695. The Balaban J connectivity index is 1.39. The van der Waals surface area contributed by atoms with Gasteiger partial charge in [0.15, 0.2) is 0 Å². The van der Waals surface area contributed by atoms with Crippen molar-refractivity contribution in [1.29, 1.82) is 0 Å². The topological polar surface area (TPSA) is 21.3 Å². The summed E-state index contributed by atoms with van der Waals surface area (Å²) in [4.78, 5) is 0. The van der Waals surface area contributed by atoms with Crippen molar-refractivity contribution >= 4 is 11.3 Å². The number of rotatable bonds is 6. The second kappa shape index (κ2) is 6.42. The number of benzene rings is 1. The Morgan fingerprint density at radius 1 is 1.20 bits per heavy atom. The molecule has 3 heteroatoms. The lowest BCUT2D eigenvalue weighted by atomic mass is 9.76. The highest BCUT2D eigenvalue weighted by atomic mass is 32.1. The van der Waals surface area contributed by atoms with Gasteiger partial charge in [-0.15, -0.1) is 0 Å². The van der Waals surface area contributed by atoms with Gasteiger partial charge in [0.1, 0.15) is 5.75 Å². The lowest BCUT2D eigenvalue weighted by molar-refractivity contribution is 0.292. The predicted octanol–water partition coefficient (Wildman–Crippen LogP) is 3.84. The van der Waals surface area contributed by atoms with E-state index in [9.17, 15) is 0 Å². The molecule has 1 N–H and O–H groups in total. The van der Waals surface area contributed by atoms with Crippen molar-refractivity contribution in [2.24, 2.45) is 0 Å². The summed E-state index contributed by atoms with van der Waals surface area (Å²) in [5.74, 6) is 1.66. The van der Waals surface area contributed by atoms with Crippen molar-refractivity contribution in [2.75, 3.05) is 13.7 Å². The maximum Gasteiger partial charge on any atom is 0.118 e. The summed E-state index contributed by atoms with van der Waals surface area (Å²) in [6, 6.07) is 11.4. The quantitative estimate of drug-likeness (QED) is 0.871. The van der Waals surface area contributed by atoms with Gasteiger partial charge in [0.25, 0.3) is 0 Å². The van der Waals surface area contributed by atoms with Gasteiger partial charge >= 0.3 is 0 Å². The van der Waals surface area contributed by atoms with Gasteiger partial charge in [0, 0.05) is 6.04 Å². The molecule has 1 saturated carbocycles. The monoisotopic (exact) mass is 287 g/mol. The van der Waals surface area contributed by atoms with E-state index in [2.05, 4.69) is 46.4 Å². The molecule has 0 spiro atoms. The standard InChI is InChI=1S/C17H21NOS/c1-19-17-4-2-14(3-5-17)15-10-16(11-15)18-8-6-13-7-9-20-12-13/h2-5,7,9,12,15-16,18H,6,8,10-11H2,1H3. The first kappa shape index (κ1) is 13.7. The van der Waals surface area contributed by atoms with E-state index in [1.165, 1.54) is 24.0 Å². The molecule has 1 fully saturated rings. The SMILES string of the molecule is COc1ccc(C2CC(NCCc3ccsc3)C2)cc1. The van der Waals surface area contributed by atoms with Crippen LogP contribution in [0.2, 0.25) is 0 Å². The van der Waals surface area contributed by atoms with Gasteiger partial charge in [-0.3, -0.25) is 0 Å². The Morgan fingerprint density at radius 2 is 2.00 bits per heavy atom. The van der Waals surface area contributed by atoms with Crippen molar-refractivity contribution in [3.05, 3.63) is 52.2 Å². The van der Waals surface area contributed by atoms with Crippen LogP contribution in [-0.2, 0) is 6.42 Å². The molecule has 2 aromatic rings. The maximum absolute atomic E-state index is 5.20. The van der Waals surface area contributed by atoms with E-state index in [0.29, 0.717) is 6.04 Å². The zero-order valence-corrected chi connectivity index (χ0v) is 12.7. The summed E-state index contributed by atoms with van der Waals surface area (Å²) in [7, 11) is 1.71. The van der Waals surface area contributed by atoms with Gasteiger partial charge in [0.05, 0.1) is 7.11 Å². The highest BCUT2D eigenvalue weighted by Gasteiger charge is 2.29. The molecule has 0 radical (unpaired) electrons. The molecule has 3 rings (SSSR count). The fraction of sp³-hybridized carbons (Fsp3) is 0.412. The summed E-state index contributed by atoms with van der Waals surface area (Å²) in [6.07, 6.45) is 3.67. The van der Waals surface area contributed by atoms with E-state index in [0.717, 1.165) is 24.6 Å². The number of methoxy groups -OCH3 is 1. The van der Waals surface area contributed by atoms with Crippen molar-refractivity contribution in [3.8, 4) is 5.75 Å². The van der Waals surface area contributed by atoms with E-state index in [1.54, 1.807) is 18.4 Å². The minimum Gasteiger partial charge on any atom is -0.497 e. The largest absolute Gasteiger partial charge is 0.497 e. The zero-order chi connectivity index (χ0) is 13.8. The highest BCUT2D eigenvalue weighted by Crippen LogP contribution is 2.37. The maximum atomic E-state index is 5.20. The first-order valence-electron chi connectivity index (χ1n) is 7.23. The van der Waals surface area contributed by atoms with Gasteiger partial charge in [-0.1, -0.05) is 12.1 Å². The number of hydrogen-bond acceptors (Lipinski definition) is 3. The van der Waals surface area contributed by atoms with Crippen molar-refractivity contribution in [2.45, 2.75) is 31.2 Å². The summed E-state index contributed by atoms with van der Waals surface area (Å²) < 4.78 is 5.20. The number of nitrogens with one attached hydrogen (secondary N) is 1. The van der Waals surface area contributed by atoms with E-state index < -0.39 is 0 Å². The average Bonchev–Trinajstić information content (AvgIpc) is 2.95. The van der Waals surface area contributed by atoms with Crippen molar-refractivity contribution in [1.82, 2.24) is 5.32 Å². The normalized spacial score (nSPS) is 21.4. The van der Waals surface area contributed by atoms with Crippen LogP contribution in [0.4, 0.5) is 0 Å². The van der Waals surface area contributed by atoms with Crippen LogP contribution in [-0.4, -0.2) is 19.7 Å². The van der Waals surface area contributed by atoms with Crippen LogP contribution >= 0.6 is 11.3 Å². The smallest absolute Gasteiger partial charge is 0.118 e. The van der Waals surface area contributed by atoms with Gasteiger partial charge in [-0.25, -0.2) is 0 Å². The Kier molecular flexibility index (Phi) is 4.38.